The fourth-order valence-electron chi connectivity index (χ4n) is 3.33. The number of carbonyl (C=O) groups is 1. The number of methoxy groups -OCH3 is 1. The summed E-state index contributed by atoms with van der Waals surface area (Å²) >= 11 is 0. The molecule has 0 unspecified atom stereocenters. The first-order chi connectivity index (χ1) is 14.6. The Kier molecular flexibility index (Phi) is 6.15. The fourth-order valence-corrected chi connectivity index (χ4v) is 3.33. The average Bonchev–Trinajstić information content (AvgIpc) is 2.80. The summed E-state index contributed by atoms with van der Waals surface area (Å²) in [5.41, 5.74) is 2.99. The molecule has 31 heavy (non-hydrogen) atoms. The van der Waals surface area contributed by atoms with Crippen LogP contribution in [0.5, 0.6) is 40.2 Å². The van der Waals surface area contributed by atoms with Crippen LogP contribution in [0.1, 0.15) is 49.2 Å². The van der Waals surface area contributed by atoms with E-state index < -0.39 is 11.7 Å². The molecule has 0 fully saturated rings. The molecule has 0 aliphatic carbocycles. The van der Waals surface area contributed by atoms with Gasteiger partial charge >= 0.3 is 5.97 Å². The first-order valence-electron chi connectivity index (χ1n) is 9.81. The summed E-state index contributed by atoms with van der Waals surface area (Å²) < 4.78 is 17.0. The zero-order valence-corrected chi connectivity index (χ0v) is 18.2. The number of carbonyl (C=O) groups excluding carboxylic acids is 1. The lowest BCUT2D eigenvalue weighted by Gasteiger charge is -2.20. The molecule has 3 N–H and O–H groups in total. The van der Waals surface area contributed by atoms with E-state index in [2.05, 4.69) is 0 Å². The van der Waals surface area contributed by atoms with E-state index in [4.69, 9.17) is 14.2 Å². The summed E-state index contributed by atoms with van der Waals surface area (Å²) in [5.74, 6) is -1.75. The Bertz CT molecular complexity index is 1100. The van der Waals surface area contributed by atoms with E-state index in [-0.39, 0.29) is 40.1 Å². The Balaban J connectivity index is 2.33. The van der Waals surface area contributed by atoms with Crippen LogP contribution >= 0.6 is 0 Å². The van der Waals surface area contributed by atoms with E-state index in [1.807, 2.05) is 39.8 Å². The maximum Gasteiger partial charge on any atom is 0.351 e. The molecule has 7 heteroatoms. The number of aromatic hydroxyl groups is 3. The summed E-state index contributed by atoms with van der Waals surface area (Å²) in [4.78, 5) is 12.9. The van der Waals surface area contributed by atoms with E-state index in [9.17, 15) is 20.1 Å². The minimum Gasteiger partial charge on any atom is -0.508 e. The molecule has 0 amide bonds. The molecule has 0 aromatic heterocycles. The predicted molar refractivity (Wildman–Crippen MR) is 116 cm³/mol. The number of allylic oxidation sites excluding steroid dienone is 4. The predicted octanol–water partition coefficient (Wildman–Crippen LogP) is 5.15. The topological polar surface area (TPSA) is 105 Å². The Morgan fingerprint density at radius 1 is 0.935 bits per heavy atom. The first kappa shape index (κ1) is 22.1. The monoisotopic (exact) mass is 426 g/mol. The van der Waals surface area contributed by atoms with Gasteiger partial charge in [-0.15, -0.1) is 0 Å². The summed E-state index contributed by atoms with van der Waals surface area (Å²) in [6.45, 7) is 7.78. The lowest BCUT2D eigenvalue weighted by molar-refractivity contribution is 0.0732. The van der Waals surface area contributed by atoms with Crippen LogP contribution in [0.15, 0.2) is 35.4 Å². The highest BCUT2D eigenvalue weighted by Crippen LogP contribution is 2.54. The molecule has 7 nitrogen and oxygen atoms in total. The highest BCUT2D eigenvalue weighted by atomic mass is 16.6. The van der Waals surface area contributed by atoms with Crippen LogP contribution in [0.4, 0.5) is 0 Å². The molecule has 0 bridgehead atoms. The van der Waals surface area contributed by atoms with Gasteiger partial charge in [-0.05, 0) is 40.5 Å². The van der Waals surface area contributed by atoms with Gasteiger partial charge in [-0.25, -0.2) is 4.79 Å². The number of ether oxygens (including phenoxy) is 3. The van der Waals surface area contributed by atoms with E-state index >= 15 is 0 Å². The molecule has 164 valence electrons. The van der Waals surface area contributed by atoms with Crippen molar-refractivity contribution >= 4 is 5.97 Å². The second-order valence-corrected chi connectivity index (χ2v) is 7.80. The third kappa shape index (κ3) is 4.30. The summed E-state index contributed by atoms with van der Waals surface area (Å²) in [6.07, 6.45) is 4.66. The number of esters is 1. The number of hydrogen-bond donors (Lipinski definition) is 3. The van der Waals surface area contributed by atoms with E-state index in [1.165, 1.54) is 13.2 Å². The van der Waals surface area contributed by atoms with E-state index in [1.54, 1.807) is 0 Å². The van der Waals surface area contributed by atoms with Gasteiger partial charge in [0.25, 0.3) is 0 Å². The molecule has 2 aromatic carbocycles. The van der Waals surface area contributed by atoms with Crippen molar-refractivity contribution in [1.29, 1.82) is 0 Å². The SMILES string of the molecule is COc1c(O)c(CC=C(C)C)c(CC=C(C)C)c2c1Oc1cc(O)cc(O)c1C(=O)O2. The van der Waals surface area contributed by atoms with E-state index in [0.717, 1.165) is 17.2 Å². The van der Waals surface area contributed by atoms with Crippen LogP contribution in [-0.2, 0) is 12.8 Å². The standard InChI is InChI=1S/C24H26O7/c1-12(2)6-8-15-16(9-7-13(3)4)21-23(22(29-5)20(15)27)30-18-11-14(25)10-17(26)19(18)24(28)31-21/h6-7,10-11,25-27H,8-9H2,1-5H3. The Morgan fingerprint density at radius 2 is 1.55 bits per heavy atom. The van der Waals surface area contributed by atoms with Crippen molar-refractivity contribution in [3.8, 4) is 40.2 Å². The maximum absolute atomic E-state index is 12.9. The normalized spacial score (nSPS) is 12.0. The second kappa shape index (κ2) is 8.63. The van der Waals surface area contributed by atoms with Crippen LogP contribution in [0.2, 0.25) is 0 Å². The minimum absolute atomic E-state index is 0.00316. The molecule has 0 saturated heterocycles. The molecule has 1 aliphatic rings. The van der Waals surface area contributed by atoms with Crippen molar-refractivity contribution in [1.82, 2.24) is 0 Å². The van der Waals surface area contributed by atoms with Gasteiger partial charge in [0, 0.05) is 23.3 Å². The molecule has 3 rings (SSSR count). The van der Waals surface area contributed by atoms with Gasteiger partial charge in [0.1, 0.15) is 22.8 Å². The van der Waals surface area contributed by atoms with E-state index in [0.29, 0.717) is 24.0 Å². The molecule has 1 aliphatic heterocycles. The Hall–Kier alpha value is -3.61. The summed E-state index contributed by atoms with van der Waals surface area (Å²) in [6, 6.07) is 2.22. The molecule has 0 atom stereocenters. The lowest BCUT2D eigenvalue weighted by atomic mass is 9.96. The zero-order valence-electron chi connectivity index (χ0n) is 18.2. The molecular formula is C24H26O7. The quantitative estimate of drug-likeness (QED) is 0.345. The number of phenols is 3. The van der Waals surface area contributed by atoms with Crippen molar-refractivity contribution in [2.75, 3.05) is 7.11 Å². The smallest absolute Gasteiger partial charge is 0.351 e. The van der Waals surface area contributed by atoms with Crippen LogP contribution < -0.4 is 14.2 Å². The van der Waals surface area contributed by atoms with Crippen LogP contribution in [0.3, 0.4) is 0 Å². The molecule has 0 saturated carbocycles. The van der Waals surface area contributed by atoms with Crippen molar-refractivity contribution < 1.29 is 34.3 Å². The highest BCUT2D eigenvalue weighted by molar-refractivity contribution is 5.99. The number of phenolic OH excluding ortho intramolecular Hbond substituents is 3. The summed E-state index contributed by atoms with van der Waals surface area (Å²) in [7, 11) is 1.37. The Morgan fingerprint density at radius 3 is 2.13 bits per heavy atom. The van der Waals surface area contributed by atoms with Crippen molar-refractivity contribution in [3.05, 3.63) is 52.1 Å². The van der Waals surface area contributed by atoms with Crippen LogP contribution in [0, 0.1) is 0 Å². The number of fused-ring (bicyclic) bond motifs is 2. The van der Waals surface area contributed by atoms with Gasteiger partial charge in [0.05, 0.1) is 7.11 Å². The lowest BCUT2D eigenvalue weighted by Crippen LogP contribution is -2.10. The second-order valence-electron chi connectivity index (χ2n) is 7.80. The molecular weight excluding hydrogens is 400 g/mol. The van der Waals surface area contributed by atoms with Gasteiger partial charge in [-0.1, -0.05) is 23.3 Å². The molecule has 0 radical (unpaired) electrons. The maximum atomic E-state index is 12.9. The number of benzene rings is 2. The molecule has 1 heterocycles. The third-order valence-electron chi connectivity index (χ3n) is 4.86. The van der Waals surface area contributed by atoms with Gasteiger partial charge < -0.3 is 29.5 Å². The third-order valence-corrected chi connectivity index (χ3v) is 4.86. The highest BCUT2D eigenvalue weighted by Gasteiger charge is 2.34. The van der Waals surface area contributed by atoms with Crippen molar-refractivity contribution in [3.63, 3.8) is 0 Å². The van der Waals surface area contributed by atoms with Gasteiger partial charge in [-0.2, -0.15) is 0 Å². The fraction of sp³-hybridized carbons (Fsp3) is 0.292. The minimum atomic E-state index is -0.842. The summed E-state index contributed by atoms with van der Waals surface area (Å²) in [5, 5.41) is 31.1. The van der Waals surface area contributed by atoms with Gasteiger partial charge in [-0.3, -0.25) is 0 Å². The zero-order chi connectivity index (χ0) is 22.9. The average molecular weight is 426 g/mol. The van der Waals surface area contributed by atoms with Crippen LogP contribution in [0.25, 0.3) is 0 Å². The number of hydrogen-bond acceptors (Lipinski definition) is 7. The Labute approximate surface area is 180 Å². The van der Waals surface area contributed by atoms with Crippen molar-refractivity contribution in [2.45, 2.75) is 40.5 Å². The van der Waals surface area contributed by atoms with Crippen LogP contribution in [-0.4, -0.2) is 28.4 Å². The van der Waals surface area contributed by atoms with Gasteiger partial charge in [0.15, 0.2) is 11.5 Å². The van der Waals surface area contributed by atoms with Crippen molar-refractivity contribution in [2.24, 2.45) is 0 Å². The first-order valence-corrected chi connectivity index (χ1v) is 9.81. The molecule has 2 aromatic rings. The van der Waals surface area contributed by atoms with Gasteiger partial charge in [0.2, 0.25) is 11.5 Å². The molecule has 0 spiro atoms. The largest absolute Gasteiger partial charge is 0.508 e. The number of rotatable bonds is 5.